The van der Waals surface area contributed by atoms with E-state index in [1.165, 1.54) is 19.1 Å². The second kappa shape index (κ2) is 9.11. The molecular weight excluding hydrogens is 420 g/mol. The summed E-state index contributed by atoms with van der Waals surface area (Å²) in [5, 5.41) is 2.09. The summed E-state index contributed by atoms with van der Waals surface area (Å²) in [6.45, 7) is 3.85. The predicted molar refractivity (Wildman–Crippen MR) is 126 cm³/mol. The number of ether oxygens (including phenoxy) is 3. The van der Waals surface area contributed by atoms with Crippen LogP contribution in [0.4, 0.5) is 0 Å². The van der Waals surface area contributed by atoms with Gasteiger partial charge in [0, 0.05) is 5.39 Å². The van der Waals surface area contributed by atoms with E-state index in [2.05, 4.69) is 0 Å². The predicted octanol–water partition coefficient (Wildman–Crippen LogP) is 4.55. The zero-order chi connectivity index (χ0) is 23.7. The molecule has 0 aliphatic carbocycles. The highest BCUT2D eigenvalue weighted by Crippen LogP contribution is 2.39. The minimum atomic E-state index is -0.502. The van der Waals surface area contributed by atoms with Crippen molar-refractivity contribution in [3.05, 3.63) is 65.7 Å². The first kappa shape index (κ1) is 22.6. The lowest BCUT2D eigenvalue weighted by atomic mass is 10.1. The van der Waals surface area contributed by atoms with E-state index in [1.807, 2.05) is 68.3 Å². The maximum atomic E-state index is 13.4. The molecule has 0 fully saturated rings. The van der Waals surface area contributed by atoms with Gasteiger partial charge in [-0.05, 0) is 44.0 Å². The number of hydrogen-bond donors (Lipinski definition) is 0. The fraction of sp³-hybridized carbons (Fsp3) is 0.308. The maximum Gasteiger partial charge on any atom is 0.266 e. The van der Waals surface area contributed by atoms with Crippen molar-refractivity contribution in [2.75, 3.05) is 21.3 Å². The van der Waals surface area contributed by atoms with E-state index in [1.54, 1.807) is 12.1 Å². The van der Waals surface area contributed by atoms with Gasteiger partial charge >= 0.3 is 0 Å². The van der Waals surface area contributed by atoms with E-state index in [0.29, 0.717) is 17.7 Å². The molecule has 3 aromatic carbocycles. The highest BCUT2D eigenvalue weighted by molar-refractivity contribution is 6.23. The van der Waals surface area contributed by atoms with Crippen molar-refractivity contribution in [2.45, 2.75) is 32.7 Å². The Morgan fingerprint density at radius 3 is 2.33 bits per heavy atom. The van der Waals surface area contributed by atoms with Crippen LogP contribution in [-0.4, -0.2) is 55.3 Å². The third-order valence-electron chi connectivity index (χ3n) is 6.18. The summed E-state index contributed by atoms with van der Waals surface area (Å²) in [5.74, 6) is 0.673. The standard InChI is InChI=1S/C26H28N2O5/c1-6-22(27(3)16(2)33-20-13-9-11-17-10-7-8-12-18(17)20)28-25(29)19-14-15-21(31-4)24(32-5)23(19)26(28)30/h7-16,22H,6H2,1-5H3. The van der Waals surface area contributed by atoms with Crippen LogP contribution in [0, 0.1) is 0 Å². The molecule has 0 N–H and O–H groups in total. The zero-order valence-electron chi connectivity index (χ0n) is 19.5. The first-order valence-electron chi connectivity index (χ1n) is 10.9. The van der Waals surface area contributed by atoms with Gasteiger partial charge in [0.25, 0.3) is 11.8 Å². The zero-order valence-corrected chi connectivity index (χ0v) is 19.5. The van der Waals surface area contributed by atoms with Crippen molar-refractivity contribution in [3.63, 3.8) is 0 Å². The normalized spacial score (nSPS) is 15.0. The minimum Gasteiger partial charge on any atom is -0.493 e. The van der Waals surface area contributed by atoms with E-state index < -0.39 is 18.3 Å². The third-order valence-corrected chi connectivity index (χ3v) is 6.18. The summed E-state index contributed by atoms with van der Waals surface area (Å²) >= 11 is 0. The van der Waals surface area contributed by atoms with Crippen LogP contribution < -0.4 is 14.2 Å². The van der Waals surface area contributed by atoms with Crippen molar-refractivity contribution in [2.24, 2.45) is 0 Å². The van der Waals surface area contributed by atoms with Crippen LogP contribution >= 0.6 is 0 Å². The summed E-state index contributed by atoms with van der Waals surface area (Å²) in [6.07, 6.45) is -0.371. The van der Waals surface area contributed by atoms with Crippen molar-refractivity contribution >= 4 is 22.6 Å². The monoisotopic (exact) mass is 448 g/mol. The molecule has 0 bridgehead atoms. The Hall–Kier alpha value is -3.58. The minimum absolute atomic E-state index is 0.233. The topological polar surface area (TPSA) is 68.3 Å². The molecule has 33 heavy (non-hydrogen) atoms. The smallest absolute Gasteiger partial charge is 0.266 e. The summed E-state index contributed by atoms with van der Waals surface area (Å²) in [6, 6.07) is 17.2. The molecule has 0 saturated carbocycles. The highest BCUT2D eigenvalue weighted by Gasteiger charge is 2.44. The first-order chi connectivity index (χ1) is 15.9. The molecule has 2 unspecified atom stereocenters. The molecule has 0 spiro atoms. The number of benzene rings is 3. The van der Waals surface area contributed by atoms with Crippen LogP contribution in [0.25, 0.3) is 10.8 Å². The van der Waals surface area contributed by atoms with Gasteiger partial charge in [-0.2, -0.15) is 0 Å². The molecule has 7 heteroatoms. The Morgan fingerprint density at radius 1 is 0.909 bits per heavy atom. The van der Waals surface area contributed by atoms with Crippen molar-refractivity contribution < 1.29 is 23.8 Å². The molecule has 1 heterocycles. The molecule has 1 aliphatic heterocycles. The second-order valence-electron chi connectivity index (χ2n) is 7.95. The molecule has 0 saturated heterocycles. The van der Waals surface area contributed by atoms with Gasteiger partial charge in [0.15, 0.2) is 17.7 Å². The van der Waals surface area contributed by atoms with Gasteiger partial charge in [-0.1, -0.05) is 43.3 Å². The molecule has 4 rings (SSSR count). The molecular formula is C26H28N2O5. The number of nitrogens with zero attached hydrogens (tertiary/aromatic N) is 2. The Morgan fingerprint density at radius 2 is 1.64 bits per heavy atom. The molecule has 7 nitrogen and oxygen atoms in total. The molecule has 0 aromatic heterocycles. The summed E-state index contributed by atoms with van der Waals surface area (Å²) in [4.78, 5) is 29.9. The number of carbonyl (C=O) groups excluding carboxylic acids is 2. The number of imide groups is 1. The van der Waals surface area contributed by atoms with Crippen LogP contribution in [-0.2, 0) is 0 Å². The summed E-state index contributed by atoms with van der Waals surface area (Å²) < 4.78 is 17.0. The van der Waals surface area contributed by atoms with Crippen molar-refractivity contribution in [1.29, 1.82) is 0 Å². The van der Waals surface area contributed by atoms with Crippen LogP contribution in [0.3, 0.4) is 0 Å². The van der Waals surface area contributed by atoms with Gasteiger partial charge < -0.3 is 14.2 Å². The first-order valence-corrected chi connectivity index (χ1v) is 10.9. The number of amides is 2. The van der Waals surface area contributed by atoms with E-state index >= 15 is 0 Å². The van der Waals surface area contributed by atoms with Gasteiger partial charge in [-0.15, -0.1) is 0 Å². The van der Waals surface area contributed by atoms with E-state index in [0.717, 1.165) is 16.5 Å². The number of fused-ring (bicyclic) bond motifs is 2. The molecule has 1 aliphatic rings. The average molecular weight is 449 g/mol. The largest absolute Gasteiger partial charge is 0.493 e. The SMILES string of the molecule is CCC(N1C(=O)c2ccc(OC)c(OC)c2C1=O)N(C)C(C)Oc1cccc2ccccc12. The molecule has 3 aromatic rings. The summed E-state index contributed by atoms with van der Waals surface area (Å²) in [7, 11) is 4.81. The molecule has 0 radical (unpaired) electrons. The quantitative estimate of drug-likeness (QED) is 0.372. The Balaban J connectivity index is 1.62. The van der Waals surface area contributed by atoms with Gasteiger partial charge in [-0.3, -0.25) is 19.4 Å². The summed E-state index contributed by atoms with van der Waals surface area (Å²) in [5.41, 5.74) is 0.545. The van der Waals surface area contributed by atoms with Crippen molar-refractivity contribution in [1.82, 2.24) is 9.80 Å². The van der Waals surface area contributed by atoms with Crippen LogP contribution in [0.15, 0.2) is 54.6 Å². The fourth-order valence-corrected chi connectivity index (χ4v) is 4.39. The lowest BCUT2D eigenvalue weighted by Gasteiger charge is -2.37. The third kappa shape index (κ3) is 3.78. The molecule has 2 atom stereocenters. The highest BCUT2D eigenvalue weighted by atomic mass is 16.5. The molecule has 172 valence electrons. The maximum absolute atomic E-state index is 13.4. The Labute approximate surface area is 193 Å². The van der Waals surface area contributed by atoms with Gasteiger partial charge in [0.05, 0.1) is 31.5 Å². The number of hydrogen-bond acceptors (Lipinski definition) is 6. The van der Waals surface area contributed by atoms with Crippen LogP contribution in [0.2, 0.25) is 0 Å². The van der Waals surface area contributed by atoms with Crippen molar-refractivity contribution in [3.8, 4) is 17.2 Å². The van der Waals surface area contributed by atoms with Crippen LogP contribution in [0.1, 0.15) is 41.0 Å². The Bertz CT molecular complexity index is 1200. The van der Waals surface area contributed by atoms with E-state index in [4.69, 9.17) is 14.2 Å². The number of rotatable bonds is 8. The van der Waals surface area contributed by atoms with Gasteiger partial charge in [-0.25, -0.2) is 0 Å². The lowest BCUT2D eigenvalue weighted by molar-refractivity contribution is -0.0211. The fourth-order valence-electron chi connectivity index (χ4n) is 4.39. The van der Waals surface area contributed by atoms with Crippen LogP contribution in [0.5, 0.6) is 17.2 Å². The number of carbonyl (C=O) groups is 2. The second-order valence-corrected chi connectivity index (χ2v) is 7.95. The average Bonchev–Trinajstić information content (AvgIpc) is 3.09. The lowest BCUT2D eigenvalue weighted by Crippen LogP contribution is -2.53. The van der Waals surface area contributed by atoms with E-state index in [-0.39, 0.29) is 17.2 Å². The van der Waals surface area contributed by atoms with E-state index in [9.17, 15) is 9.59 Å². The Kier molecular flexibility index (Phi) is 6.24. The van der Waals surface area contributed by atoms with Gasteiger partial charge in [0.1, 0.15) is 5.75 Å². The molecule has 2 amide bonds. The number of methoxy groups -OCH3 is 2. The van der Waals surface area contributed by atoms with Gasteiger partial charge in [0.2, 0.25) is 0 Å².